The fourth-order valence-electron chi connectivity index (χ4n) is 3.46. The SMILES string of the molecule is CCc1ccccc1NC(=O)C1CCN(S(=O)(=O)Cc2ccccc2)CC1. The number of aryl methyl sites for hydroxylation is 1. The van der Waals surface area contributed by atoms with Crippen LogP contribution in [-0.2, 0) is 27.0 Å². The number of para-hydroxylation sites is 1. The Balaban J connectivity index is 1.57. The van der Waals surface area contributed by atoms with Crippen molar-refractivity contribution in [2.75, 3.05) is 18.4 Å². The monoisotopic (exact) mass is 386 g/mol. The molecule has 6 heteroatoms. The van der Waals surface area contributed by atoms with Crippen molar-refractivity contribution in [2.24, 2.45) is 5.92 Å². The lowest BCUT2D eigenvalue weighted by Gasteiger charge is -2.30. The number of hydrogen-bond donors (Lipinski definition) is 1. The lowest BCUT2D eigenvalue weighted by molar-refractivity contribution is -0.120. The maximum absolute atomic E-state index is 12.6. The van der Waals surface area contributed by atoms with Crippen LogP contribution < -0.4 is 5.32 Å². The summed E-state index contributed by atoms with van der Waals surface area (Å²) in [6.45, 7) is 2.84. The molecule has 3 rings (SSSR count). The van der Waals surface area contributed by atoms with Gasteiger partial charge in [-0.1, -0.05) is 55.5 Å². The van der Waals surface area contributed by atoms with E-state index in [2.05, 4.69) is 12.2 Å². The molecule has 0 unspecified atom stereocenters. The third-order valence-corrected chi connectivity index (χ3v) is 6.92. The van der Waals surface area contributed by atoms with Crippen molar-refractivity contribution in [1.82, 2.24) is 4.31 Å². The molecule has 0 radical (unpaired) electrons. The summed E-state index contributed by atoms with van der Waals surface area (Å²) in [5.74, 6) is -0.164. The minimum absolute atomic E-state index is 0.00851. The van der Waals surface area contributed by atoms with E-state index in [0.717, 1.165) is 23.2 Å². The van der Waals surface area contributed by atoms with Crippen LogP contribution in [0.3, 0.4) is 0 Å². The second-order valence-electron chi connectivity index (χ2n) is 6.92. The number of piperidine rings is 1. The van der Waals surface area contributed by atoms with Gasteiger partial charge in [0.15, 0.2) is 0 Å². The Bertz CT molecular complexity index is 873. The molecule has 1 saturated heterocycles. The summed E-state index contributed by atoms with van der Waals surface area (Å²) in [4.78, 5) is 12.6. The zero-order valence-electron chi connectivity index (χ0n) is 15.6. The Morgan fingerprint density at radius 2 is 1.67 bits per heavy atom. The van der Waals surface area contributed by atoms with Crippen molar-refractivity contribution in [3.05, 3.63) is 65.7 Å². The molecule has 1 amide bonds. The molecule has 0 atom stereocenters. The van der Waals surface area contributed by atoms with Gasteiger partial charge in [-0.25, -0.2) is 12.7 Å². The Morgan fingerprint density at radius 1 is 1.04 bits per heavy atom. The Hall–Kier alpha value is -2.18. The van der Waals surface area contributed by atoms with E-state index in [9.17, 15) is 13.2 Å². The van der Waals surface area contributed by atoms with Crippen LogP contribution in [0.5, 0.6) is 0 Å². The first kappa shape index (κ1) is 19.6. The molecule has 144 valence electrons. The van der Waals surface area contributed by atoms with Gasteiger partial charge in [-0.2, -0.15) is 0 Å². The molecule has 0 aliphatic carbocycles. The summed E-state index contributed by atoms with van der Waals surface area (Å²) >= 11 is 0. The molecule has 0 spiro atoms. The van der Waals surface area contributed by atoms with Gasteiger partial charge in [0.25, 0.3) is 0 Å². The maximum Gasteiger partial charge on any atom is 0.227 e. The van der Waals surface area contributed by atoms with Crippen LogP contribution in [0.4, 0.5) is 5.69 Å². The van der Waals surface area contributed by atoms with Crippen molar-refractivity contribution in [2.45, 2.75) is 31.9 Å². The average Bonchev–Trinajstić information content (AvgIpc) is 2.69. The fraction of sp³-hybridized carbons (Fsp3) is 0.381. The van der Waals surface area contributed by atoms with Gasteiger partial charge in [0.05, 0.1) is 5.75 Å². The quantitative estimate of drug-likeness (QED) is 0.827. The van der Waals surface area contributed by atoms with Crippen LogP contribution in [-0.4, -0.2) is 31.7 Å². The summed E-state index contributed by atoms with van der Waals surface area (Å²) < 4.78 is 26.8. The maximum atomic E-state index is 12.6. The van der Waals surface area contributed by atoms with Gasteiger partial charge < -0.3 is 5.32 Å². The van der Waals surface area contributed by atoms with Gasteiger partial charge in [-0.15, -0.1) is 0 Å². The molecule has 1 aliphatic heterocycles. The van der Waals surface area contributed by atoms with Crippen molar-refractivity contribution < 1.29 is 13.2 Å². The van der Waals surface area contributed by atoms with Gasteiger partial charge in [-0.3, -0.25) is 4.79 Å². The molecule has 2 aromatic carbocycles. The minimum Gasteiger partial charge on any atom is -0.326 e. The number of nitrogens with one attached hydrogen (secondary N) is 1. The zero-order chi connectivity index (χ0) is 19.3. The Labute approximate surface area is 161 Å². The summed E-state index contributed by atoms with van der Waals surface area (Å²) in [5.41, 5.74) is 2.74. The number of amides is 1. The lowest BCUT2D eigenvalue weighted by atomic mass is 9.97. The average molecular weight is 387 g/mol. The molecule has 5 nitrogen and oxygen atoms in total. The first-order chi connectivity index (χ1) is 13.0. The highest BCUT2D eigenvalue weighted by Gasteiger charge is 2.31. The number of carbonyl (C=O) groups excluding carboxylic acids is 1. The van der Waals surface area contributed by atoms with E-state index in [-0.39, 0.29) is 17.6 Å². The van der Waals surface area contributed by atoms with E-state index < -0.39 is 10.0 Å². The predicted octanol–water partition coefficient (Wildman–Crippen LogP) is 3.43. The standard InChI is InChI=1S/C21H26N2O3S/c1-2-18-10-6-7-11-20(18)22-21(24)19-12-14-23(15-13-19)27(25,26)16-17-8-4-3-5-9-17/h3-11,19H,2,12-16H2,1H3,(H,22,24). The normalized spacial score (nSPS) is 16.2. The van der Waals surface area contributed by atoms with Crippen molar-refractivity contribution in [1.29, 1.82) is 0 Å². The summed E-state index contributed by atoms with van der Waals surface area (Å²) in [6.07, 6.45) is 1.95. The van der Waals surface area contributed by atoms with Crippen molar-refractivity contribution in [3.8, 4) is 0 Å². The first-order valence-corrected chi connectivity index (χ1v) is 11.0. The largest absolute Gasteiger partial charge is 0.326 e. The molecule has 0 saturated carbocycles. The van der Waals surface area contributed by atoms with Crippen LogP contribution in [0.25, 0.3) is 0 Å². The molecule has 0 aromatic heterocycles. The summed E-state index contributed by atoms with van der Waals surface area (Å²) in [5, 5.41) is 3.02. The summed E-state index contributed by atoms with van der Waals surface area (Å²) in [7, 11) is -3.35. The Morgan fingerprint density at radius 3 is 2.33 bits per heavy atom. The molecule has 0 bridgehead atoms. The molecule has 1 aliphatic rings. The zero-order valence-corrected chi connectivity index (χ0v) is 16.4. The molecule has 1 heterocycles. The minimum atomic E-state index is -3.35. The molecular weight excluding hydrogens is 360 g/mol. The van der Waals surface area contributed by atoms with Gasteiger partial charge in [-0.05, 0) is 36.5 Å². The third-order valence-electron chi connectivity index (χ3n) is 5.07. The predicted molar refractivity (Wildman–Crippen MR) is 108 cm³/mol. The number of sulfonamides is 1. The fourth-order valence-corrected chi connectivity index (χ4v) is 5.02. The first-order valence-electron chi connectivity index (χ1n) is 9.40. The van der Waals surface area contributed by atoms with Crippen LogP contribution in [0.15, 0.2) is 54.6 Å². The highest BCUT2D eigenvalue weighted by atomic mass is 32.2. The molecule has 2 aromatic rings. The number of rotatable bonds is 6. The van der Waals surface area contributed by atoms with E-state index in [0.29, 0.717) is 25.9 Å². The number of carbonyl (C=O) groups is 1. The van der Waals surface area contributed by atoms with E-state index >= 15 is 0 Å². The van der Waals surface area contributed by atoms with E-state index in [1.54, 1.807) is 0 Å². The van der Waals surface area contributed by atoms with E-state index in [4.69, 9.17) is 0 Å². The number of nitrogens with zero attached hydrogens (tertiary/aromatic N) is 1. The van der Waals surface area contributed by atoms with Crippen molar-refractivity contribution in [3.63, 3.8) is 0 Å². The van der Waals surface area contributed by atoms with E-state index in [1.165, 1.54) is 4.31 Å². The molecule has 27 heavy (non-hydrogen) atoms. The number of hydrogen-bond acceptors (Lipinski definition) is 3. The number of anilines is 1. The number of benzene rings is 2. The second-order valence-corrected chi connectivity index (χ2v) is 8.88. The molecular formula is C21H26N2O3S. The highest BCUT2D eigenvalue weighted by Crippen LogP contribution is 2.24. The van der Waals surface area contributed by atoms with Crippen LogP contribution >= 0.6 is 0 Å². The third kappa shape index (κ3) is 4.96. The van der Waals surface area contributed by atoms with Crippen LogP contribution in [0, 0.1) is 5.92 Å². The van der Waals surface area contributed by atoms with E-state index in [1.807, 2.05) is 54.6 Å². The van der Waals surface area contributed by atoms with Gasteiger partial charge in [0.2, 0.25) is 15.9 Å². The summed E-state index contributed by atoms with van der Waals surface area (Å²) in [6, 6.07) is 17.0. The molecule has 1 fully saturated rings. The van der Waals surface area contributed by atoms with Crippen molar-refractivity contribution >= 4 is 21.6 Å². The van der Waals surface area contributed by atoms with Crippen LogP contribution in [0.1, 0.15) is 30.9 Å². The van der Waals surface area contributed by atoms with Gasteiger partial charge in [0.1, 0.15) is 0 Å². The van der Waals surface area contributed by atoms with Gasteiger partial charge >= 0.3 is 0 Å². The smallest absolute Gasteiger partial charge is 0.227 e. The molecule has 1 N–H and O–H groups in total. The Kier molecular flexibility index (Phi) is 6.29. The van der Waals surface area contributed by atoms with Crippen LogP contribution in [0.2, 0.25) is 0 Å². The van der Waals surface area contributed by atoms with Gasteiger partial charge in [0, 0.05) is 24.7 Å². The topological polar surface area (TPSA) is 66.5 Å². The highest BCUT2D eigenvalue weighted by molar-refractivity contribution is 7.88. The second kappa shape index (κ2) is 8.67. The lowest BCUT2D eigenvalue weighted by Crippen LogP contribution is -2.41.